The Morgan fingerprint density at radius 3 is 2.19 bits per heavy atom. The van der Waals surface area contributed by atoms with Gasteiger partial charge in [-0.05, 0) is 18.3 Å². The molecule has 0 bridgehead atoms. The zero-order valence-corrected chi connectivity index (χ0v) is 8.99. The van der Waals surface area contributed by atoms with Gasteiger partial charge in [-0.25, -0.2) is 0 Å². The Kier molecular flexibility index (Phi) is 3.60. The average molecular weight is 237 g/mol. The summed E-state index contributed by atoms with van der Waals surface area (Å²) >= 11 is 0. The van der Waals surface area contributed by atoms with E-state index in [2.05, 4.69) is 5.32 Å². The highest BCUT2D eigenvalue weighted by molar-refractivity contribution is 5.98. The molecule has 2 amide bonds. The van der Waals surface area contributed by atoms with Crippen molar-refractivity contribution in [3.63, 3.8) is 0 Å². The summed E-state index contributed by atoms with van der Waals surface area (Å²) in [5.41, 5.74) is -0.620. The zero-order chi connectivity index (χ0) is 12.4. The van der Waals surface area contributed by atoms with Crippen LogP contribution in [0.2, 0.25) is 0 Å². The standard InChI is InChI=1S/C10H14F3NO2/c1-9(3-2-4-10(11,12)13)5-7(15)14-8(16)6-9/h2-6H2,1H3,(H,14,15,16). The van der Waals surface area contributed by atoms with Crippen molar-refractivity contribution in [2.75, 3.05) is 0 Å². The first kappa shape index (κ1) is 13.0. The molecular formula is C10H14F3NO2. The topological polar surface area (TPSA) is 46.2 Å². The number of alkyl halides is 3. The Labute approximate surface area is 91.4 Å². The van der Waals surface area contributed by atoms with Crippen LogP contribution in [-0.2, 0) is 9.59 Å². The van der Waals surface area contributed by atoms with E-state index in [1.807, 2.05) is 0 Å². The van der Waals surface area contributed by atoms with E-state index in [-0.39, 0.29) is 25.7 Å². The van der Waals surface area contributed by atoms with E-state index in [4.69, 9.17) is 0 Å². The molecule has 3 nitrogen and oxygen atoms in total. The molecule has 0 aromatic rings. The van der Waals surface area contributed by atoms with E-state index in [0.717, 1.165) is 0 Å². The van der Waals surface area contributed by atoms with Crippen LogP contribution in [0, 0.1) is 5.41 Å². The monoisotopic (exact) mass is 237 g/mol. The summed E-state index contributed by atoms with van der Waals surface area (Å²) in [5.74, 6) is -0.795. The number of piperidine rings is 1. The number of nitrogens with one attached hydrogen (secondary N) is 1. The number of carbonyl (C=O) groups is 2. The second-order valence-electron chi connectivity index (χ2n) is 4.60. The summed E-state index contributed by atoms with van der Waals surface area (Å²) in [4.78, 5) is 22.2. The first-order chi connectivity index (χ1) is 7.20. The number of amides is 2. The van der Waals surface area contributed by atoms with Crippen molar-refractivity contribution >= 4 is 11.8 Å². The minimum absolute atomic E-state index is 0.0411. The predicted octanol–water partition coefficient (Wildman–Crippen LogP) is 2.16. The lowest BCUT2D eigenvalue weighted by atomic mass is 9.76. The molecule has 0 aromatic carbocycles. The lowest BCUT2D eigenvalue weighted by Crippen LogP contribution is -2.43. The lowest BCUT2D eigenvalue weighted by Gasteiger charge is -2.32. The summed E-state index contributed by atoms with van der Waals surface area (Å²) in [6, 6.07) is 0. The summed E-state index contributed by atoms with van der Waals surface area (Å²) < 4.78 is 35.8. The summed E-state index contributed by atoms with van der Waals surface area (Å²) in [7, 11) is 0. The second kappa shape index (κ2) is 4.43. The van der Waals surface area contributed by atoms with Gasteiger partial charge in [0.15, 0.2) is 0 Å². The minimum Gasteiger partial charge on any atom is -0.296 e. The zero-order valence-electron chi connectivity index (χ0n) is 8.99. The van der Waals surface area contributed by atoms with E-state index in [0.29, 0.717) is 0 Å². The minimum atomic E-state index is -4.17. The van der Waals surface area contributed by atoms with Gasteiger partial charge in [0.2, 0.25) is 11.8 Å². The van der Waals surface area contributed by atoms with Gasteiger partial charge in [-0.2, -0.15) is 13.2 Å². The molecule has 1 aliphatic rings. The van der Waals surface area contributed by atoms with Crippen molar-refractivity contribution in [3.05, 3.63) is 0 Å². The number of imide groups is 1. The maximum absolute atomic E-state index is 11.9. The second-order valence-corrected chi connectivity index (χ2v) is 4.60. The maximum Gasteiger partial charge on any atom is 0.389 e. The molecule has 0 unspecified atom stereocenters. The molecule has 1 aliphatic heterocycles. The van der Waals surface area contributed by atoms with Gasteiger partial charge < -0.3 is 0 Å². The molecular weight excluding hydrogens is 223 g/mol. The van der Waals surface area contributed by atoms with E-state index in [1.54, 1.807) is 6.92 Å². The quantitative estimate of drug-likeness (QED) is 0.764. The van der Waals surface area contributed by atoms with Crippen LogP contribution in [0.4, 0.5) is 13.2 Å². The number of rotatable bonds is 3. The largest absolute Gasteiger partial charge is 0.389 e. The highest BCUT2D eigenvalue weighted by atomic mass is 19.4. The highest BCUT2D eigenvalue weighted by Gasteiger charge is 2.36. The van der Waals surface area contributed by atoms with E-state index >= 15 is 0 Å². The molecule has 1 fully saturated rings. The summed E-state index contributed by atoms with van der Waals surface area (Å²) in [5, 5.41) is 2.14. The Balaban J connectivity index is 2.45. The molecule has 0 spiro atoms. The maximum atomic E-state index is 11.9. The number of hydrogen-bond acceptors (Lipinski definition) is 2. The van der Waals surface area contributed by atoms with Gasteiger partial charge in [0.05, 0.1) is 0 Å². The molecule has 1 heterocycles. The van der Waals surface area contributed by atoms with Gasteiger partial charge in [-0.1, -0.05) is 6.92 Å². The van der Waals surface area contributed by atoms with E-state index < -0.39 is 29.8 Å². The van der Waals surface area contributed by atoms with Crippen LogP contribution >= 0.6 is 0 Å². The SMILES string of the molecule is CC1(CCCC(F)(F)F)CC(=O)NC(=O)C1. The number of halogens is 3. The van der Waals surface area contributed by atoms with Gasteiger partial charge in [0.1, 0.15) is 0 Å². The van der Waals surface area contributed by atoms with Crippen molar-refractivity contribution in [2.45, 2.75) is 45.2 Å². The van der Waals surface area contributed by atoms with Crippen LogP contribution in [0.3, 0.4) is 0 Å². The normalized spacial score (nSPS) is 20.8. The van der Waals surface area contributed by atoms with Crippen molar-refractivity contribution in [3.8, 4) is 0 Å². The summed E-state index contributed by atoms with van der Waals surface area (Å²) in [6.07, 6.45) is -4.59. The first-order valence-corrected chi connectivity index (χ1v) is 5.10. The van der Waals surface area contributed by atoms with Gasteiger partial charge in [-0.15, -0.1) is 0 Å². The smallest absolute Gasteiger partial charge is 0.296 e. The van der Waals surface area contributed by atoms with Crippen molar-refractivity contribution in [2.24, 2.45) is 5.41 Å². The molecule has 0 radical (unpaired) electrons. The van der Waals surface area contributed by atoms with Crippen molar-refractivity contribution < 1.29 is 22.8 Å². The predicted molar refractivity (Wildman–Crippen MR) is 50.4 cm³/mol. The molecule has 1 rings (SSSR count). The van der Waals surface area contributed by atoms with Crippen LogP contribution in [0.25, 0.3) is 0 Å². The fourth-order valence-corrected chi connectivity index (χ4v) is 1.97. The molecule has 0 aromatic heterocycles. The highest BCUT2D eigenvalue weighted by Crippen LogP contribution is 2.36. The van der Waals surface area contributed by atoms with Crippen LogP contribution < -0.4 is 5.32 Å². The fourth-order valence-electron chi connectivity index (χ4n) is 1.97. The van der Waals surface area contributed by atoms with Crippen LogP contribution in [0.15, 0.2) is 0 Å². The molecule has 92 valence electrons. The van der Waals surface area contributed by atoms with E-state index in [9.17, 15) is 22.8 Å². The molecule has 0 aliphatic carbocycles. The van der Waals surface area contributed by atoms with Gasteiger partial charge in [0.25, 0.3) is 0 Å². The molecule has 16 heavy (non-hydrogen) atoms. The van der Waals surface area contributed by atoms with E-state index in [1.165, 1.54) is 0 Å². The van der Waals surface area contributed by atoms with Crippen LogP contribution in [0.5, 0.6) is 0 Å². The van der Waals surface area contributed by atoms with Crippen molar-refractivity contribution in [1.82, 2.24) is 5.32 Å². The van der Waals surface area contributed by atoms with Gasteiger partial charge in [0, 0.05) is 19.3 Å². The van der Waals surface area contributed by atoms with Crippen LogP contribution in [0.1, 0.15) is 39.0 Å². The molecule has 0 atom stereocenters. The Morgan fingerprint density at radius 1 is 1.25 bits per heavy atom. The fraction of sp³-hybridized carbons (Fsp3) is 0.800. The van der Waals surface area contributed by atoms with Gasteiger partial charge >= 0.3 is 6.18 Å². The Morgan fingerprint density at radius 2 is 1.75 bits per heavy atom. The Hall–Kier alpha value is -1.07. The molecule has 6 heteroatoms. The molecule has 0 saturated carbocycles. The average Bonchev–Trinajstić information content (AvgIpc) is 1.96. The third-order valence-corrected chi connectivity index (χ3v) is 2.69. The third-order valence-electron chi connectivity index (χ3n) is 2.69. The van der Waals surface area contributed by atoms with Crippen LogP contribution in [-0.4, -0.2) is 18.0 Å². The third kappa shape index (κ3) is 4.20. The number of carbonyl (C=O) groups excluding carboxylic acids is 2. The molecule has 1 N–H and O–H groups in total. The number of hydrogen-bond donors (Lipinski definition) is 1. The lowest BCUT2D eigenvalue weighted by molar-refractivity contribution is -0.140. The van der Waals surface area contributed by atoms with Gasteiger partial charge in [-0.3, -0.25) is 14.9 Å². The summed E-state index contributed by atoms with van der Waals surface area (Å²) in [6.45, 7) is 1.68. The molecule has 1 saturated heterocycles. The Bertz CT molecular complexity index is 283. The first-order valence-electron chi connectivity index (χ1n) is 5.10. The van der Waals surface area contributed by atoms with Crippen molar-refractivity contribution in [1.29, 1.82) is 0 Å².